The van der Waals surface area contributed by atoms with Crippen LogP contribution in [0.15, 0.2) is 53.4 Å². The molecule has 4 nitrogen and oxygen atoms in total. The van der Waals surface area contributed by atoms with Crippen molar-refractivity contribution >= 4 is 27.3 Å². The van der Waals surface area contributed by atoms with Crippen LogP contribution in [-0.2, 0) is 10.0 Å². The molecule has 1 unspecified atom stereocenters. The minimum absolute atomic E-state index is 0.230. The molecule has 0 saturated carbocycles. The number of halogens is 1. The average molecular weight is 325 g/mol. The smallest absolute Gasteiger partial charge is 0.243 e. The fourth-order valence-corrected chi connectivity index (χ4v) is 3.60. The molecule has 0 aliphatic rings. The summed E-state index contributed by atoms with van der Waals surface area (Å²) in [6.45, 7) is 1.79. The van der Waals surface area contributed by atoms with E-state index in [0.717, 1.165) is 5.56 Å². The molecule has 2 N–H and O–H groups in total. The van der Waals surface area contributed by atoms with E-state index in [1.807, 2.05) is 0 Å². The number of nitrogens with one attached hydrogen (secondary N) is 2. The van der Waals surface area contributed by atoms with Gasteiger partial charge >= 0.3 is 0 Å². The van der Waals surface area contributed by atoms with Crippen LogP contribution in [-0.4, -0.2) is 15.5 Å². The van der Waals surface area contributed by atoms with Gasteiger partial charge < -0.3 is 5.32 Å². The van der Waals surface area contributed by atoms with Crippen molar-refractivity contribution in [2.24, 2.45) is 0 Å². The van der Waals surface area contributed by atoms with E-state index in [4.69, 9.17) is 11.6 Å². The number of para-hydroxylation sites is 1. The second-order valence-corrected chi connectivity index (χ2v) is 6.76. The quantitative estimate of drug-likeness (QED) is 0.886. The second-order valence-electron chi connectivity index (χ2n) is 4.64. The Morgan fingerprint density at radius 3 is 2.29 bits per heavy atom. The standard InChI is InChI=1S/C15H17ClN2O2S/c1-11(12-7-9-13(16)10-8-12)18-21(19,20)15-6-4-3-5-14(15)17-2/h3-11,17-18H,1-2H3. The molecule has 0 bridgehead atoms. The zero-order valence-corrected chi connectivity index (χ0v) is 13.4. The van der Waals surface area contributed by atoms with Crippen LogP contribution in [0.3, 0.4) is 0 Å². The minimum Gasteiger partial charge on any atom is -0.387 e. The highest BCUT2D eigenvalue weighted by atomic mass is 35.5. The molecule has 0 aromatic heterocycles. The fraction of sp³-hybridized carbons (Fsp3) is 0.200. The Labute approximate surface area is 130 Å². The predicted molar refractivity (Wildman–Crippen MR) is 86.2 cm³/mol. The molecular formula is C15H17ClN2O2S. The first-order valence-corrected chi connectivity index (χ1v) is 8.35. The average Bonchev–Trinajstić information content (AvgIpc) is 2.47. The molecule has 0 aliphatic heterocycles. The molecule has 112 valence electrons. The number of rotatable bonds is 5. The van der Waals surface area contributed by atoms with Crippen LogP contribution in [0.1, 0.15) is 18.5 Å². The maximum atomic E-state index is 12.5. The molecule has 0 radical (unpaired) electrons. The van der Waals surface area contributed by atoms with Crippen LogP contribution in [0.4, 0.5) is 5.69 Å². The molecule has 0 spiro atoms. The van der Waals surface area contributed by atoms with Gasteiger partial charge in [0.15, 0.2) is 0 Å². The lowest BCUT2D eigenvalue weighted by molar-refractivity contribution is 0.567. The third-order valence-corrected chi connectivity index (χ3v) is 5.00. The highest BCUT2D eigenvalue weighted by Gasteiger charge is 2.20. The van der Waals surface area contributed by atoms with Gasteiger partial charge in [-0.25, -0.2) is 13.1 Å². The monoisotopic (exact) mass is 324 g/mol. The molecule has 0 heterocycles. The summed E-state index contributed by atoms with van der Waals surface area (Å²) in [5.74, 6) is 0. The van der Waals surface area contributed by atoms with Gasteiger partial charge in [0, 0.05) is 18.1 Å². The molecule has 2 rings (SSSR count). The van der Waals surface area contributed by atoms with Crippen LogP contribution in [0, 0.1) is 0 Å². The highest BCUT2D eigenvalue weighted by Crippen LogP contribution is 2.23. The van der Waals surface area contributed by atoms with Gasteiger partial charge in [0.1, 0.15) is 4.90 Å². The van der Waals surface area contributed by atoms with E-state index in [9.17, 15) is 8.42 Å². The van der Waals surface area contributed by atoms with Crippen LogP contribution >= 0.6 is 11.6 Å². The van der Waals surface area contributed by atoms with Crippen molar-refractivity contribution in [3.63, 3.8) is 0 Å². The first-order valence-electron chi connectivity index (χ1n) is 6.48. The maximum Gasteiger partial charge on any atom is 0.243 e. The van der Waals surface area contributed by atoms with Gasteiger partial charge in [0.05, 0.1) is 5.69 Å². The van der Waals surface area contributed by atoms with Crippen molar-refractivity contribution in [1.29, 1.82) is 0 Å². The van der Waals surface area contributed by atoms with E-state index >= 15 is 0 Å². The van der Waals surface area contributed by atoms with Crippen LogP contribution in [0.5, 0.6) is 0 Å². The van der Waals surface area contributed by atoms with Crippen LogP contribution in [0.2, 0.25) is 5.02 Å². The fourth-order valence-electron chi connectivity index (χ4n) is 2.02. The summed E-state index contributed by atoms with van der Waals surface area (Å²) in [6.07, 6.45) is 0. The highest BCUT2D eigenvalue weighted by molar-refractivity contribution is 7.89. The summed E-state index contributed by atoms with van der Waals surface area (Å²) in [6, 6.07) is 13.5. The van der Waals surface area contributed by atoms with E-state index in [1.54, 1.807) is 62.5 Å². The number of hydrogen-bond acceptors (Lipinski definition) is 3. The lowest BCUT2D eigenvalue weighted by Gasteiger charge is -2.16. The molecular weight excluding hydrogens is 308 g/mol. The van der Waals surface area contributed by atoms with Crippen LogP contribution < -0.4 is 10.0 Å². The van der Waals surface area contributed by atoms with E-state index < -0.39 is 10.0 Å². The number of sulfonamides is 1. The van der Waals surface area contributed by atoms with Crippen molar-refractivity contribution in [2.75, 3.05) is 12.4 Å². The number of benzene rings is 2. The van der Waals surface area contributed by atoms with Crippen molar-refractivity contribution in [3.8, 4) is 0 Å². The lowest BCUT2D eigenvalue weighted by atomic mass is 10.1. The summed E-state index contributed by atoms with van der Waals surface area (Å²) in [5.41, 5.74) is 1.42. The molecule has 2 aromatic rings. The molecule has 21 heavy (non-hydrogen) atoms. The van der Waals surface area contributed by atoms with Gasteiger partial charge in [0.25, 0.3) is 0 Å². The SMILES string of the molecule is CNc1ccccc1S(=O)(=O)NC(C)c1ccc(Cl)cc1. The Morgan fingerprint density at radius 2 is 1.67 bits per heavy atom. The third kappa shape index (κ3) is 3.75. The summed E-state index contributed by atoms with van der Waals surface area (Å²) < 4.78 is 27.6. The van der Waals surface area contributed by atoms with Gasteiger partial charge in [-0.05, 0) is 36.8 Å². The summed E-state index contributed by atoms with van der Waals surface area (Å²) in [5, 5.41) is 3.51. The number of hydrogen-bond donors (Lipinski definition) is 2. The van der Waals surface area contributed by atoms with Crippen molar-refractivity contribution in [3.05, 3.63) is 59.1 Å². The largest absolute Gasteiger partial charge is 0.387 e. The zero-order chi connectivity index (χ0) is 15.5. The molecule has 0 aliphatic carbocycles. The Balaban J connectivity index is 2.26. The molecule has 0 fully saturated rings. The van der Waals surface area contributed by atoms with E-state index in [0.29, 0.717) is 10.7 Å². The first kappa shape index (κ1) is 15.8. The normalized spacial score (nSPS) is 12.9. The Morgan fingerprint density at radius 1 is 1.05 bits per heavy atom. The Kier molecular flexibility index (Phi) is 4.88. The van der Waals surface area contributed by atoms with Gasteiger partial charge in [0.2, 0.25) is 10.0 Å². The zero-order valence-electron chi connectivity index (χ0n) is 11.8. The molecule has 0 amide bonds. The van der Waals surface area contributed by atoms with Crippen molar-refractivity contribution in [2.45, 2.75) is 17.9 Å². The van der Waals surface area contributed by atoms with E-state index in [-0.39, 0.29) is 10.9 Å². The summed E-state index contributed by atoms with van der Waals surface area (Å²) >= 11 is 5.84. The Hall–Kier alpha value is -1.56. The predicted octanol–water partition coefficient (Wildman–Crippen LogP) is 3.42. The Bertz CT molecular complexity index is 715. The van der Waals surface area contributed by atoms with Gasteiger partial charge in [-0.3, -0.25) is 0 Å². The topological polar surface area (TPSA) is 58.2 Å². The van der Waals surface area contributed by atoms with Crippen LogP contribution in [0.25, 0.3) is 0 Å². The molecule has 2 aromatic carbocycles. The molecule has 0 saturated heterocycles. The van der Waals surface area contributed by atoms with E-state index in [1.165, 1.54) is 0 Å². The molecule has 1 atom stereocenters. The minimum atomic E-state index is -3.61. The van der Waals surface area contributed by atoms with Crippen molar-refractivity contribution < 1.29 is 8.42 Å². The van der Waals surface area contributed by atoms with Gasteiger partial charge in [-0.1, -0.05) is 35.9 Å². The second kappa shape index (κ2) is 6.47. The van der Waals surface area contributed by atoms with Crippen molar-refractivity contribution in [1.82, 2.24) is 4.72 Å². The lowest BCUT2D eigenvalue weighted by Crippen LogP contribution is -2.27. The van der Waals surface area contributed by atoms with Gasteiger partial charge in [-0.2, -0.15) is 0 Å². The first-order chi connectivity index (χ1) is 9.94. The maximum absolute atomic E-state index is 12.5. The van der Waals surface area contributed by atoms with Gasteiger partial charge in [-0.15, -0.1) is 0 Å². The molecule has 6 heteroatoms. The summed E-state index contributed by atoms with van der Waals surface area (Å²) in [7, 11) is -1.91. The number of anilines is 1. The summed E-state index contributed by atoms with van der Waals surface area (Å²) in [4.78, 5) is 0.230. The third-order valence-electron chi connectivity index (χ3n) is 3.15. The van der Waals surface area contributed by atoms with E-state index in [2.05, 4.69) is 10.0 Å².